The lowest BCUT2D eigenvalue weighted by Gasteiger charge is -2.28. The second kappa shape index (κ2) is 10.1. The van der Waals surface area contributed by atoms with Gasteiger partial charge in [-0.05, 0) is 6.42 Å². The number of methoxy groups -OCH3 is 2. The zero-order valence-electron chi connectivity index (χ0n) is 10.9. The molecule has 0 radical (unpaired) electrons. The van der Waals surface area contributed by atoms with Crippen LogP contribution in [0, 0.1) is 11.3 Å². The van der Waals surface area contributed by atoms with Crippen LogP contribution in [-0.4, -0.2) is 50.8 Å². The summed E-state index contributed by atoms with van der Waals surface area (Å²) in [5.74, 6) is -0.223. The minimum Gasteiger partial charge on any atom is -0.469 e. The number of carbonyl (C=O) groups is 1. The molecule has 0 spiro atoms. The van der Waals surface area contributed by atoms with Crippen LogP contribution in [0.15, 0.2) is 0 Å². The smallest absolute Gasteiger partial charge is 0.306 e. The number of hydrogen-bond donors (Lipinski definition) is 0. The normalized spacial score (nSPS) is 12.2. The van der Waals surface area contributed by atoms with Gasteiger partial charge in [-0.1, -0.05) is 6.92 Å². The Bertz CT molecular complexity index is 251. The Morgan fingerprint density at radius 1 is 1.41 bits per heavy atom. The summed E-state index contributed by atoms with van der Waals surface area (Å²) in [7, 11) is 3.03. The van der Waals surface area contributed by atoms with Crippen LogP contribution in [0.4, 0.5) is 0 Å². The summed E-state index contributed by atoms with van der Waals surface area (Å²) in [6.07, 6.45) is 1.71. The average Bonchev–Trinajstić information content (AvgIpc) is 2.36. The molecule has 0 rings (SSSR count). The Balaban J connectivity index is 4.29. The van der Waals surface area contributed by atoms with Crippen LogP contribution in [0.5, 0.6) is 0 Å². The fraction of sp³-hybridized carbons (Fsp3) is 0.833. The molecule has 0 bridgehead atoms. The summed E-state index contributed by atoms with van der Waals surface area (Å²) in [5, 5.41) is 8.77. The van der Waals surface area contributed by atoms with Crippen molar-refractivity contribution in [2.24, 2.45) is 0 Å². The molecule has 17 heavy (non-hydrogen) atoms. The molecule has 1 unspecified atom stereocenters. The Morgan fingerprint density at radius 3 is 2.59 bits per heavy atom. The molecule has 0 N–H and O–H groups in total. The van der Waals surface area contributed by atoms with E-state index in [2.05, 4.69) is 15.7 Å². The summed E-state index contributed by atoms with van der Waals surface area (Å²) in [6.45, 7) is 3.98. The molecular weight excluding hydrogens is 220 g/mol. The molecule has 0 aliphatic heterocycles. The first-order valence-corrected chi connectivity index (χ1v) is 5.86. The third-order valence-corrected chi connectivity index (χ3v) is 2.73. The highest BCUT2D eigenvalue weighted by molar-refractivity contribution is 5.69. The predicted octanol–water partition coefficient (Wildman–Crippen LogP) is 1.19. The van der Waals surface area contributed by atoms with Crippen molar-refractivity contribution < 1.29 is 14.3 Å². The van der Waals surface area contributed by atoms with Crippen LogP contribution in [0.2, 0.25) is 0 Å². The lowest BCUT2D eigenvalue weighted by Crippen LogP contribution is -2.38. The molecule has 0 aliphatic carbocycles. The standard InChI is InChI=1S/C12H22N2O3/c1-4-11(5-7-13)14(9-10-16-2)8-6-12(15)17-3/h11H,4-6,8-10H2,1-3H3. The summed E-state index contributed by atoms with van der Waals surface area (Å²) in [4.78, 5) is 13.2. The maximum Gasteiger partial charge on any atom is 0.306 e. The van der Waals surface area contributed by atoms with Crippen LogP contribution in [0.25, 0.3) is 0 Å². The van der Waals surface area contributed by atoms with Gasteiger partial charge in [-0.15, -0.1) is 0 Å². The molecule has 0 fully saturated rings. The largest absolute Gasteiger partial charge is 0.469 e. The zero-order valence-corrected chi connectivity index (χ0v) is 10.9. The van der Waals surface area contributed by atoms with E-state index in [9.17, 15) is 4.79 Å². The van der Waals surface area contributed by atoms with Gasteiger partial charge in [0, 0.05) is 26.2 Å². The van der Waals surface area contributed by atoms with E-state index in [-0.39, 0.29) is 12.0 Å². The van der Waals surface area contributed by atoms with Crippen LogP contribution in [0.3, 0.4) is 0 Å². The lowest BCUT2D eigenvalue weighted by atomic mass is 10.1. The van der Waals surface area contributed by atoms with E-state index in [1.165, 1.54) is 7.11 Å². The van der Waals surface area contributed by atoms with Crippen molar-refractivity contribution in [3.63, 3.8) is 0 Å². The number of nitrogens with zero attached hydrogens (tertiary/aromatic N) is 2. The number of esters is 1. The van der Waals surface area contributed by atoms with Gasteiger partial charge in [0.1, 0.15) is 0 Å². The van der Waals surface area contributed by atoms with Crippen molar-refractivity contribution in [1.29, 1.82) is 5.26 Å². The van der Waals surface area contributed by atoms with Crippen molar-refractivity contribution in [1.82, 2.24) is 4.90 Å². The first-order valence-electron chi connectivity index (χ1n) is 5.86. The molecule has 98 valence electrons. The molecule has 0 saturated heterocycles. The summed E-state index contributed by atoms with van der Waals surface area (Å²) in [5.41, 5.74) is 0. The van der Waals surface area contributed by atoms with E-state index >= 15 is 0 Å². The average molecular weight is 242 g/mol. The molecule has 0 amide bonds. The van der Waals surface area contributed by atoms with Gasteiger partial charge in [-0.2, -0.15) is 5.26 Å². The minimum absolute atomic E-state index is 0.180. The Labute approximate surface area is 103 Å². The van der Waals surface area contributed by atoms with Gasteiger partial charge in [0.15, 0.2) is 0 Å². The molecule has 1 atom stereocenters. The molecule has 5 heteroatoms. The monoisotopic (exact) mass is 242 g/mol. The van der Waals surface area contributed by atoms with Gasteiger partial charge in [0.25, 0.3) is 0 Å². The zero-order chi connectivity index (χ0) is 13.1. The van der Waals surface area contributed by atoms with Gasteiger partial charge in [-0.3, -0.25) is 9.69 Å². The molecule has 0 aromatic heterocycles. The van der Waals surface area contributed by atoms with Crippen molar-refractivity contribution in [2.45, 2.75) is 32.2 Å². The number of nitriles is 1. The van der Waals surface area contributed by atoms with Gasteiger partial charge in [0.2, 0.25) is 0 Å². The van der Waals surface area contributed by atoms with Crippen LogP contribution < -0.4 is 0 Å². The number of carbonyl (C=O) groups excluding carboxylic acids is 1. The highest BCUT2D eigenvalue weighted by atomic mass is 16.5. The van der Waals surface area contributed by atoms with Gasteiger partial charge < -0.3 is 9.47 Å². The second-order valence-corrected chi connectivity index (χ2v) is 3.78. The summed E-state index contributed by atoms with van der Waals surface area (Å²) < 4.78 is 9.65. The Morgan fingerprint density at radius 2 is 2.12 bits per heavy atom. The van der Waals surface area contributed by atoms with Crippen LogP contribution in [0.1, 0.15) is 26.2 Å². The highest BCUT2D eigenvalue weighted by Gasteiger charge is 2.17. The highest BCUT2D eigenvalue weighted by Crippen LogP contribution is 2.09. The molecule has 0 aromatic carbocycles. The van der Waals surface area contributed by atoms with E-state index < -0.39 is 0 Å². The van der Waals surface area contributed by atoms with E-state index in [4.69, 9.17) is 10.00 Å². The van der Waals surface area contributed by atoms with Crippen LogP contribution in [-0.2, 0) is 14.3 Å². The molecular formula is C12H22N2O3. The fourth-order valence-electron chi connectivity index (χ4n) is 1.66. The number of hydrogen-bond acceptors (Lipinski definition) is 5. The van der Waals surface area contributed by atoms with Gasteiger partial charge in [-0.25, -0.2) is 0 Å². The topological polar surface area (TPSA) is 62.6 Å². The molecule has 0 aromatic rings. The Hall–Kier alpha value is -1.12. The van der Waals surface area contributed by atoms with E-state index in [0.29, 0.717) is 26.0 Å². The maximum absolute atomic E-state index is 11.1. The number of ether oxygens (including phenoxy) is 2. The third-order valence-electron chi connectivity index (χ3n) is 2.73. The fourth-order valence-corrected chi connectivity index (χ4v) is 1.66. The predicted molar refractivity (Wildman–Crippen MR) is 64.4 cm³/mol. The first-order chi connectivity index (χ1) is 8.19. The van der Waals surface area contributed by atoms with Crippen molar-refractivity contribution in [3.8, 4) is 6.07 Å². The summed E-state index contributed by atoms with van der Waals surface area (Å²) >= 11 is 0. The van der Waals surface area contributed by atoms with E-state index in [1.54, 1.807) is 7.11 Å². The van der Waals surface area contributed by atoms with Crippen molar-refractivity contribution in [3.05, 3.63) is 0 Å². The quantitative estimate of drug-likeness (QED) is 0.568. The molecule has 0 heterocycles. The Kier molecular flexibility index (Phi) is 9.40. The van der Waals surface area contributed by atoms with Gasteiger partial charge >= 0.3 is 5.97 Å². The van der Waals surface area contributed by atoms with Crippen LogP contribution >= 0.6 is 0 Å². The first kappa shape index (κ1) is 15.9. The molecule has 0 aliphatic rings. The second-order valence-electron chi connectivity index (χ2n) is 3.78. The van der Waals surface area contributed by atoms with Crippen molar-refractivity contribution >= 4 is 5.97 Å². The summed E-state index contributed by atoms with van der Waals surface area (Å²) in [6, 6.07) is 2.36. The minimum atomic E-state index is -0.223. The molecule has 0 saturated carbocycles. The number of rotatable bonds is 9. The van der Waals surface area contributed by atoms with E-state index in [0.717, 1.165) is 13.0 Å². The van der Waals surface area contributed by atoms with Crippen molar-refractivity contribution in [2.75, 3.05) is 33.9 Å². The maximum atomic E-state index is 11.1. The lowest BCUT2D eigenvalue weighted by molar-refractivity contribution is -0.141. The third kappa shape index (κ3) is 6.93. The SMILES string of the molecule is CCC(CC#N)N(CCOC)CCC(=O)OC. The van der Waals surface area contributed by atoms with E-state index in [1.807, 2.05) is 6.92 Å². The van der Waals surface area contributed by atoms with Gasteiger partial charge in [0.05, 0.1) is 32.6 Å². The molecule has 5 nitrogen and oxygen atoms in total.